The molecule has 0 aliphatic heterocycles. The molecular formula is C21H22F2N2O3. The number of nitrogens with one attached hydrogen (secondary N) is 1. The van der Waals surface area contributed by atoms with Crippen molar-refractivity contribution in [2.24, 2.45) is 5.92 Å². The topological polar surface area (TPSA) is 79.2 Å². The van der Waals surface area contributed by atoms with Crippen molar-refractivity contribution in [1.29, 1.82) is 5.26 Å². The lowest BCUT2D eigenvalue weighted by Gasteiger charge is -2.22. The Kier molecular flexibility index (Phi) is 8.76. The van der Waals surface area contributed by atoms with Gasteiger partial charge < -0.3 is 10.1 Å². The molecule has 7 heteroatoms. The molecule has 28 heavy (non-hydrogen) atoms. The Morgan fingerprint density at radius 3 is 2.32 bits per heavy atom. The van der Waals surface area contributed by atoms with Gasteiger partial charge in [0.1, 0.15) is 5.76 Å². The van der Waals surface area contributed by atoms with Crippen LogP contribution in [0.5, 0.6) is 0 Å². The molecule has 1 amide bonds. The van der Waals surface area contributed by atoms with Crippen LogP contribution in [0.4, 0.5) is 8.78 Å². The van der Waals surface area contributed by atoms with E-state index in [-0.39, 0.29) is 17.3 Å². The van der Waals surface area contributed by atoms with Crippen LogP contribution in [0.25, 0.3) is 0 Å². The van der Waals surface area contributed by atoms with Crippen molar-refractivity contribution in [3.8, 4) is 6.07 Å². The third-order valence-electron chi connectivity index (χ3n) is 3.77. The Bertz CT molecular complexity index is 819. The Morgan fingerprint density at radius 1 is 1.25 bits per heavy atom. The molecule has 0 fully saturated rings. The first-order chi connectivity index (χ1) is 13.2. The molecule has 0 bridgehead atoms. The van der Waals surface area contributed by atoms with Crippen LogP contribution in [0.2, 0.25) is 0 Å². The normalized spacial score (nSPS) is 12.7. The summed E-state index contributed by atoms with van der Waals surface area (Å²) >= 11 is 0. The zero-order valence-corrected chi connectivity index (χ0v) is 15.9. The first-order valence-corrected chi connectivity index (χ1v) is 8.53. The molecule has 0 spiro atoms. The number of ether oxygens (including phenoxy) is 1. The van der Waals surface area contributed by atoms with Gasteiger partial charge in [0.2, 0.25) is 0 Å². The minimum absolute atomic E-state index is 0.211. The van der Waals surface area contributed by atoms with E-state index in [1.807, 2.05) is 6.07 Å². The molecule has 1 rings (SSSR count). The molecule has 0 aliphatic rings. The van der Waals surface area contributed by atoms with Gasteiger partial charge in [-0.2, -0.15) is 14.0 Å². The maximum absolute atomic E-state index is 12.8. The summed E-state index contributed by atoms with van der Waals surface area (Å²) in [5, 5.41) is 11.4. The summed E-state index contributed by atoms with van der Waals surface area (Å²) in [6, 6.07) is 7.05. The summed E-state index contributed by atoms with van der Waals surface area (Å²) in [6.07, 6.45) is 4.36. The highest BCUT2D eigenvalue weighted by Crippen LogP contribution is 2.17. The fraction of sp³-hybridized carbons (Fsp3) is 0.286. The average molecular weight is 388 g/mol. The molecule has 1 aromatic rings. The van der Waals surface area contributed by atoms with Crippen LogP contribution < -0.4 is 5.32 Å². The highest BCUT2D eigenvalue weighted by molar-refractivity contribution is 6.05. The van der Waals surface area contributed by atoms with E-state index < -0.39 is 24.3 Å². The van der Waals surface area contributed by atoms with Gasteiger partial charge in [0.15, 0.2) is 5.78 Å². The van der Waals surface area contributed by atoms with Crippen molar-refractivity contribution in [1.82, 2.24) is 5.32 Å². The van der Waals surface area contributed by atoms with E-state index in [9.17, 15) is 18.4 Å². The number of nitrogens with zero attached hydrogens (tertiary/aromatic N) is 1. The Labute approximate surface area is 163 Å². The van der Waals surface area contributed by atoms with E-state index in [2.05, 4.69) is 16.6 Å². The van der Waals surface area contributed by atoms with Gasteiger partial charge >= 0.3 is 6.61 Å². The number of hydrogen-bond donors (Lipinski definition) is 1. The zero-order chi connectivity index (χ0) is 21.3. The van der Waals surface area contributed by atoms with Gasteiger partial charge in [-0.25, -0.2) is 0 Å². The van der Waals surface area contributed by atoms with Crippen LogP contribution in [0.3, 0.4) is 0 Å². The van der Waals surface area contributed by atoms with Crippen molar-refractivity contribution in [3.63, 3.8) is 0 Å². The van der Waals surface area contributed by atoms with Crippen LogP contribution in [-0.4, -0.2) is 24.3 Å². The fourth-order valence-electron chi connectivity index (χ4n) is 2.30. The van der Waals surface area contributed by atoms with E-state index >= 15 is 0 Å². The third-order valence-corrected chi connectivity index (χ3v) is 3.77. The quantitative estimate of drug-likeness (QED) is 0.298. The molecule has 0 saturated heterocycles. The Balaban J connectivity index is 3.10. The molecule has 0 aromatic heterocycles. The van der Waals surface area contributed by atoms with Crippen LogP contribution in [-0.2, 0) is 9.53 Å². The smallest absolute Gasteiger partial charge is 0.387 e. The first-order valence-electron chi connectivity index (χ1n) is 8.53. The highest BCUT2D eigenvalue weighted by Gasteiger charge is 2.27. The number of ketones is 1. The molecule has 148 valence electrons. The van der Waals surface area contributed by atoms with Crippen molar-refractivity contribution >= 4 is 11.7 Å². The number of hydrogen-bond acceptors (Lipinski definition) is 4. The molecule has 1 unspecified atom stereocenters. The second kappa shape index (κ2) is 10.8. The lowest BCUT2D eigenvalue weighted by molar-refractivity contribution is -0.120. The monoisotopic (exact) mass is 388 g/mol. The van der Waals surface area contributed by atoms with Crippen molar-refractivity contribution in [2.45, 2.75) is 33.4 Å². The molecule has 0 aliphatic carbocycles. The summed E-state index contributed by atoms with van der Waals surface area (Å²) in [6.45, 7) is 5.41. The molecule has 1 N–H and O–H groups in total. The SMILES string of the molecule is C=C(OC(F)F)/C(=C\C=C/C)C(=O)NC(C(=O)c1ccc(C#N)cc1)C(C)C. The second-order valence-corrected chi connectivity index (χ2v) is 6.16. The van der Waals surface area contributed by atoms with Crippen LogP contribution in [0, 0.1) is 17.2 Å². The average Bonchev–Trinajstić information content (AvgIpc) is 2.65. The largest absolute Gasteiger partial charge is 0.435 e. The van der Waals surface area contributed by atoms with Gasteiger partial charge in [0, 0.05) is 5.56 Å². The second-order valence-electron chi connectivity index (χ2n) is 6.16. The van der Waals surface area contributed by atoms with Crippen molar-refractivity contribution in [2.75, 3.05) is 0 Å². The summed E-state index contributed by atoms with van der Waals surface area (Å²) in [4.78, 5) is 25.4. The van der Waals surface area contributed by atoms with Gasteiger partial charge in [0.25, 0.3) is 5.91 Å². The number of allylic oxidation sites excluding steroid dienone is 3. The maximum Gasteiger partial charge on any atom is 0.387 e. The Hall–Kier alpha value is -3.27. The number of benzene rings is 1. The summed E-state index contributed by atoms with van der Waals surface area (Å²) in [5.41, 5.74) is 0.509. The molecule has 0 heterocycles. The summed E-state index contributed by atoms with van der Waals surface area (Å²) < 4.78 is 29.2. The fourth-order valence-corrected chi connectivity index (χ4v) is 2.30. The van der Waals surface area contributed by atoms with Crippen LogP contribution >= 0.6 is 0 Å². The number of halogens is 2. The lowest BCUT2D eigenvalue weighted by Crippen LogP contribution is -2.45. The standard InChI is InChI=1S/C21H22F2N2O3/c1-5-6-7-17(14(4)28-21(22)23)20(27)25-18(13(2)3)19(26)16-10-8-15(12-24)9-11-16/h5-11,13,18,21H,4H2,1-3H3,(H,25,27)/b6-5-,17-7+. The summed E-state index contributed by atoms with van der Waals surface area (Å²) in [7, 11) is 0. The number of carbonyl (C=O) groups excluding carboxylic acids is 2. The molecule has 5 nitrogen and oxygen atoms in total. The van der Waals surface area contributed by atoms with Gasteiger partial charge in [-0.05, 0) is 31.1 Å². The number of nitriles is 1. The number of rotatable bonds is 9. The van der Waals surface area contributed by atoms with Gasteiger partial charge in [-0.3, -0.25) is 9.59 Å². The van der Waals surface area contributed by atoms with Crippen LogP contribution in [0.1, 0.15) is 36.7 Å². The maximum atomic E-state index is 12.8. The van der Waals surface area contributed by atoms with Crippen molar-refractivity contribution in [3.05, 3.63) is 71.5 Å². The van der Waals surface area contributed by atoms with Crippen LogP contribution in [0.15, 0.2) is 60.4 Å². The molecule has 1 aromatic carbocycles. The number of Topliss-reactive ketones (excluding diaryl/α,β-unsaturated/α-hetero) is 1. The molecule has 0 radical (unpaired) electrons. The number of amides is 1. The van der Waals surface area contributed by atoms with E-state index in [0.29, 0.717) is 11.1 Å². The first kappa shape index (κ1) is 22.8. The highest BCUT2D eigenvalue weighted by atomic mass is 19.3. The van der Waals surface area contributed by atoms with Gasteiger partial charge in [-0.15, -0.1) is 0 Å². The molecule has 0 saturated carbocycles. The van der Waals surface area contributed by atoms with E-state index in [0.717, 1.165) is 0 Å². The predicted molar refractivity (Wildman–Crippen MR) is 101 cm³/mol. The molecular weight excluding hydrogens is 366 g/mol. The van der Waals surface area contributed by atoms with Crippen molar-refractivity contribution < 1.29 is 23.1 Å². The minimum atomic E-state index is -3.13. The zero-order valence-electron chi connectivity index (χ0n) is 15.9. The lowest BCUT2D eigenvalue weighted by atomic mass is 9.94. The van der Waals surface area contributed by atoms with E-state index in [1.165, 1.54) is 36.4 Å². The van der Waals surface area contributed by atoms with Gasteiger partial charge in [-0.1, -0.05) is 44.7 Å². The molecule has 1 atom stereocenters. The minimum Gasteiger partial charge on any atom is -0.435 e. The number of carbonyl (C=O) groups is 2. The summed E-state index contributed by atoms with van der Waals surface area (Å²) in [5.74, 6) is -1.90. The number of alkyl halides is 2. The third kappa shape index (κ3) is 6.47. The van der Waals surface area contributed by atoms with E-state index in [4.69, 9.17) is 5.26 Å². The van der Waals surface area contributed by atoms with E-state index in [1.54, 1.807) is 26.8 Å². The predicted octanol–water partition coefficient (Wildman–Crippen LogP) is 4.14. The Morgan fingerprint density at radius 2 is 1.86 bits per heavy atom. The van der Waals surface area contributed by atoms with Gasteiger partial charge in [0.05, 0.1) is 23.2 Å².